The van der Waals surface area contributed by atoms with Crippen LogP contribution in [0, 0.1) is 6.92 Å². The number of rotatable bonds is 4. The van der Waals surface area contributed by atoms with Gasteiger partial charge in [-0.15, -0.1) is 11.3 Å². The number of benzene rings is 1. The molecule has 0 amide bonds. The number of H-pyrrole nitrogens is 1. The fourth-order valence-corrected chi connectivity index (χ4v) is 3.77. The SMILES string of the molecule is Cc1[nH]c2ccccc2c1C(=O)C(C)OC(=O)c1csc2cncn12. The molecule has 0 aliphatic carbocycles. The van der Waals surface area contributed by atoms with E-state index in [4.69, 9.17) is 4.74 Å². The first-order valence-electron chi connectivity index (χ1n) is 7.78. The number of thiazole rings is 1. The molecule has 0 aliphatic heterocycles. The minimum absolute atomic E-state index is 0.222. The van der Waals surface area contributed by atoms with Gasteiger partial charge >= 0.3 is 5.97 Å². The van der Waals surface area contributed by atoms with Gasteiger partial charge in [-0.1, -0.05) is 18.2 Å². The molecule has 0 spiro atoms. The van der Waals surface area contributed by atoms with Crippen molar-refractivity contribution in [3.8, 4) is 0 Å². The molecule has 6 nitrogen and oxygen atoms in total. The molecule has 3 aromatic heterocycles. The maximum atomic E-state index is 12.8. The van der Waals surface area contributed by atoms with Crippen LogP contribution in [0.2, 0.25) is 0 Å². The highest BCUT2D eigenvalue weighted by Crippen LogP contribution is 2.24. The summed E-state index contributed by atoms with van der Waals surface area (Å²) in [4.78, 5) is 33.3. The van der Waals surface area contributed by atoms with Gasteiger partial charge in [0.15, 0.2) is 6.10 Å². The van der Waals surface area contributed by atoms with Gasteiger partial charge < -0.3 is 9.72 Å². The van der Waals surface area contributed by atoms with Crippen molar-refractivity contribution in [2.45, 2.75) is 20.0 Å². The lowest BCUT2D eigenvalue weighted by atomic mass is 10.0. The maximum absolute atomic E-state index is 12.8. The minimum atomic E-state index is -0.885. The van der Waals surface area contributed by atoms with Crippen molar-refractivity contribution in [2.24, 2.45) is 0 Å². The Morgan fingerprint density at radius 2 is 2.12 bits per heavy atom. The van der Waals surface area contributed by atoms with Crippen molar-refractivity contribution < 1.29 is 14.3 Å². The number of aromatic amines is 1. The fraction of sp³-hybridized carbons (Fsp3) is 0.167. The average Bonchev–Trinajstić information content (AvgIpc) is 3.26. The molecule has 1 unspecified atom stereocenters. The zero-order chi connectivity index (χ0) is 17.6. The summed E-state index contributed by atoms with van der Waals surface area (Å²) in [6.45, 7) is 3.44. The van der Waals surface area contributed by atoms with Gasteiger partial charge in [0.2, 0.25) is 5.78 Å². The van der Waals surface area contributed by atoms with Gasteiger partial charge in [-0.25, -0.2) is 9.78 Å². The van der Waals surface area contributed by atoms with Crippen molar-refractivity contribution in [3.05, 3.63) is 59.1 Å². The molecule has 0 radical (unpaired) electrons. The molecule has 7 heteroatoms. The Kier molecular flexibility index (Phi) is 3.65. The third-order valence-corrected chi connectivity index (χ3v) is 5.04. The quantitative estimate of drug-likeness (QED) is 0.449. The number of nitrogens with zero attached hydrogens (tertiary/aromatic N) is 2. The van der Waals surface area contributed by atoms with E-state index in [1.54, 1.807) is 29.2 Å². The molecule has 1 aromatic carbocycles. The molecule has 1 atom stereocenters. The zero-order valence-corrected chi connectivity index (χ0v) is 14.5. The number of nitrogens with one attached hydrogen (secondary N) is 1. The Labute approximate surface area is 147 Å². The molecule has 0 saturated carbocycles. The van der Waals surface area contributed by atoms with Crippen molar-refractivity contribution in [1.82, 2.24) is 14.4 Å². The van der Waals surface area contributed by atoms with Crippen LogP contribution in [0.4, 0.5) is 0 Å². The highest BCUT2D eigenvalue weighted by atomic mass is 32.1. The Balaban J connectivity index is 1.61. The first-order valence-corrected chi connectivity index (χ1v) is 8.66. The number of esters is 1. The van der Waals surface area contributed by atoms with E-state index in [2.05, 4.69) is 9.97 Å². The van der Waals surface area contributed by atoms with Crippen LogP contribution >= 0.6 is 11.3 Å². The molecule has 0 aliphatic rings. The lowest BCUT2D eigenvalue weighted by Crippen LogP contribution is -2.25. The molecule has 4 rings (SSSR count). The third kappa shape index (κ3) is 2.53. The first kappa shape index (κ1) is 15.6. The summed E-state index contributed by atoms with van der Waals surface area (Å²) < 4.78 is 7.07. The number of carbonyl (C=O) groups excluding carboxylic acids is 2. The van der Waals surface area contributed by atoms with Crippen LogP contribution in [0.15, 0.2) is 42.2 Å². The maximum Gasteiger partial charge on any atom is 0.356 e. The molecule has 1 N–H and O–H groups in total. The second-order valence-electron chi connectivity index (χ2n) is 5.81. The summed E-state index contributed by atoms with van der Waals surface area (Å²) in [5.41, 5.74) is 2.59. The van der Waals surface area contributed by atoms with E-state index >= 15 is 0 Å². The van der Waals surface area contributed by atoms with E-state index in [1.807, 2.05) is 31.2 Å². The molecule has 0 bridgehead atoms. The molecular weight excluding hydrogens is 338 g/mol. The van der Waals surface area contributed by atoms with E-state index in [1.165, 1.54) is 11.3 Å². The van der Waals surface area contributed by atoms with Gasteiger partial charge in [-0.3, -0.25) is 9.20 Å². The van der Waals surface area contributed by atoms with Gasteiger partial charge in [0.25, 0.3) is 0 Å². The smallest absolute Gasteiger partial charge is 0.356 e. The van der Waals surface area contributed by atoms with Crippen molar-refractivity contribution >= 4 is 38.8 Å². The summed E-state index contributed by atoms with van der Waals surface area (Å²) in [5, 5.41) is 2.54. The number of carbonyl (C=O) groups is 2. The lowest BCUT2D eigenvalue weighted by Gasteiger charge is -2.12. The predicted molar refractivity (Wildman–Crippen MR) is 95.3 cm³/mol. The van der Waals surface area contributed by atoms with Crippen LogP contribution in [0.5, 0.6) is 0 Å². The summed E-state index contributed by atoms with van der Waals surface area (Å²) in [6, 6.07) is 7.58. The van der Waals surface area contributed by atoms with E-state index in [0.29, 0.717) is 11.3 Å². The third-order valence-electron chi connectivity index (χ3n) is 4.16. The summed E-state index contributed by atoms with van der Waals surface area (Å²) in [7, 11) is 0. The average molecular weight is 353 g/mol. The number of aromatic nitrogens is 3. The number of para-hydroxylation sites is 1. The lowest BCUT2D eigenvalue weighted by molar-refractivity contribution is 0.0312. The number of hydrogen-bond acceptors (Lipinski definition) is 5. The van der Waals surface area contributed by atoms with E-state index in [9.17, 15) is 9.59 Å². The van der Waals surface area contributed by atoms with E-state index in [-0.39, 0.29) is 5.78 Å². The number of ether oxygens (including phenoxy) is 1. The number of imidazole rings is 1. The number of aryl methyl sites for hydroxylation is 1. The van der Waals surface area contributed by atoms with Gasteiger partial charge in [0.05, 0.1) is 6.20 Å². The summed E-state index contributed by atoms with van der Waals surface area (Å²) >= 11 is 1.40. The molecule has 4 aromatic rings. The molecule has 0 saturated heterocycles. The van der Waals surface area contributed by atoms with Gasteiger partial charge in [-0.05, 0) is 19.9 Å². The monoisotopic (exact) mass is 353 g/mol. The van der Waals surface area contributed by atoms with Gasteiger partial charge in [0.1, 0.15) is 16.9 Å². The van der Waals surface area contributed by atoms with Crippen molar-refractivity contribution in [1.29, 1.82) is 0 Å². The Morgan fingerprint density at radius 1 is 1.32 bits per heavy atom. The second kappa shape index (κ2) is 5.86. The number of Topliss-reactive ketones (excluding diaryl/α,β-unsaturated/α-hetero) is 1. The Bertz CT molecular complexity index is 1110. The zero-order valence-electron chi connectivity index (χ0n) is 13.6. The number of hydrogen-bond donors (Lipinski definition) is 1. The topological polar surface area (TPSA) is 76.5 Å². The van der Waals surface area contributed by atoms with Crippen LogP contribution in [0.1, 0.15) is 33.5 Å². The summed E-state index contributed by atoms with van der Waals surface area (Å²) in [6.07, 6.45) is 2.34. The Morgan fingerprint density at radius 3 is 2.96 bits per heavy atom. The first-order chi connectivity index (χ1) is 12.1. The normalized spacial score (nSPS) is 12.6. The van der Waals surface area contributed by atoms with Crippen LogP contribution in [0.3, 0.4) is 0 Å². The number of fused-ring (bicyclic) bond motifs is 2. The largest absolute Gasteiger partial charge is 0.450 e. The van der Waals surface area contributed by atoms with Crippen LogP contribution in [0.25, 0.3) is 15.7 Å². The molecule has 3 heterocycles. The number of ketones is 1. The highest BCUT2D eigenvalue weighted by Gasteiger charge is 2.26. The molecule has 25 heavy (non-hydrogen) atoms. The molecular formula is C18H15N3O3S. The van der Waals surface area contributed by atoms with Gasteiger partial charge in [-0.2, -0.15) is 0 Å². The van der Waals surface area contributed by atoms with Gasteiger partial charge in [0, 0.05) is 27.5 Å². The Hall–Kier alpha value is -2.93. The van der Waals surface area contributed by atoms with Crippen LogP contribution in [-0.4, -0.2) is 32.2 Å². The predicted octanol–water partition coefficient (Wildman–Crippen LogP) is 3.61. The minimum Gasteiger partial charge on any atom is -0.450 e. The van der Waals surface area contributed by atoms with E-state index in [0.717, 1.165) is 21.4 Å². The van der Waals surface area contributed by atoms with Crippen molar-refractivity contribution in [3.63, 3.8) is 0 Å². The van der Waals surface area contributed by atoms with Crippen LogP contribution < -0.4 is 0 Å². The highest BCUT2D eigenvalue weighted by molar-refractivity contribution is 7.15. The van der Waals surface area contributed by atoms with E-state index < -0.39 is 12.1 Å². The molecule has 126 valence electrons. The van der Waals surface area contributed by atoms with Crippen molar-refractivity contribution in [2.75, 3.05) is 0 Å². The standard InChI is InChI=1S/C18H15N3O3S/c1-10-16(12-5-3-4-6-13(12)20-10)17(22)11(2)24-18(23)14-8-25-15-7-19-9-21(14)15/h3-9,11,20H,1-2H3. The van der Waals surface area contributed by atoms with Crippen LogP contribution in [-0.2, 0) is 4.74 Å². The molecule has 0 fully saturated rings. The second-order valence-corrected chi connectivity index (χ2v) is 6.69. The fourth-order valence-electron chi connectivity index (χ4n) is 2.94. The summed E-state index contributed by atoms with van der Waals surface area (Å²) in [5.74, 6) is -0.761.